The fourth-order valence-electron chi connectivity index (χ4n) is 6.10. The van der Waals surface area contributed by atoms with Gasteiger partial charge in [-0.2, -0.15) is 0 Å². The summed E-state index contributed by atoms with van der Waals surface area (Å²) in [6, 6.07) is 14.8. The Morgan fingerprint density at radius 2 is 1.81 bits per heavy atom. The van der Waals surface area contributed by atoms with Gasteiger partial charge in [-0.3, -0.25) is 0 Å². The van der Waals surface area contributed by atoms with Crippen molar-refractivity contribution < 1.29 is 37.3 Å². The minimum atomic E-state index is -3.94. The maximum Gasteiger partial charge on any atom is 0.407 e. The molecule has 11 nitrogen and oxygen atoms in total. The number of aliphatic hydroxyl groups is 1. The molecule has 3 bridgehead atoms. The molecule has 2 aromatic rings. The predicted octanol–water partition coefficient (Wildman–Crippen LogP) is 2.69. The van der Waals surface area contributed by atoms with E-state index < -0.39 is 34.4 Å². The van der Waals surface area contributed by atoms with Gasteiger partial charge in [-0.1, -0.05) is 44.2 Å². The maximum atomic E-state index is 13.2. The van der Waals surface area contributed by atoms with Gasteiger partial charge in [0.05, 0.1) is 36.9 Å². The van der Waals surface area contributed by atoms with Crippen LogP contribution in [-0.4, -0.2) is 82.1 Å². The zero-order valence-corrected chi connectivity index (χ0v) is 25.0. The quantitative estimate of drug-likeness (QED) is 0.295. The number of carbonyl (C=O) groups excluding carboxylic acids is 1. The lowest BCUT2D eigenvalue weighted by Gasteiger charge is -2.37. The molecule has 3 aliphatic rings. The molecule has 0 aromatic heterocycles. The number of rotatable bonds is 13. The van der Waals surface area contributed by atoms with Crippen LogP contribution < -0.4 is 14.9 Å². The first-order valence-corrected chi connectivity index (χ1v) is 16.0. The summed E-state index contributed by atoms with van der Waals surface area (Å²) in [5.74, 6) is 1.04. The summed E-state index contributed by atoms with van der Waals surface area (Å²) in [4.78, 5) is 15.9. The number of hydrazine groups is 1. The number of methoxy groups -OCH3 is 1. The fraction of sp³-hybridized carbons (Fsp3) is 0.567. The van der Waals surface area contributed by atoms with Crippen LogP contribution in [0, 0.1) is 17.8 Å². The van der Waals surface area contributed by atoms with Crippen LogP contribution in [0.15, 0.2) is 59.5 Å². The lowest BCUT2D eigenvalue weighted by atomic mass is 9.78. The number of hydrogen-bond acceptors (Lipinski definition) is 9. The van der Waals surface area contributed by atoms with Crippen LogP contribution >= 0.6 is 0 Å². The highest BCUT2D eigenvalue weighted by molar-refractivity contribution is 7.89. The second kappa shape index (κ2) is 13.3. The first-order valence-electron chi connectivity index (χ1n) is 14.5. The average molecular weight is 604 g/mol. The van der Waals surface area contributed by atoms with E-state index in [0.29, 0.717) is 31.2 Å². The molecule has 3 N–H and O–H groups in total. The van der Waals surface area contributed by atoms with Crippen LogP contribution in [0.4, 0.5) is 4.79 Å². The SMILES string of the molecule is COc1ccc(S(=O)(=O)NN(CC(C)C)CC(O)C(Cc2ccccc2)NC(=O)OC2C3COC4OC2CC4C3)cc1. The highest BCUT2D eigenvalue weighted by Gasteiger charge is 2.53. The molecule has 2 saturated heterocycles. The second-order valence-electron chi connectivity index (χ2n) is 11.8. The molecule has 5 rings (SSSR count). The van der Waals surface area contributed by atoms with Crippen molar-refractivity contribution in [1.82, 2.24) is 15.2 Å². The van der Waals surface area contributed by atoms with E-state index in [-0.39, 0.29) is 35.7 Å². The molecule has 7 unspecified atom stereocenters. The Morgan fingerprint density at radius 3 is 2.50 bits per heavy atom. The molecule has 3 fully saturated rings. The minimum Gasteiger partial charge on any atom is -0.497 e. The van der Waals surface area contributed by atoms with Crippen LogP contribution in [0.2, 0.25) is 0 Å². The number of aliphatic hydroxyl groups excluding tert-OH is 1. The molecular formula is C30H41N3O8S. The lowest BCUT2D eigenvalue weighted by Crippen LogP contribution is -2.55. The molecule has 2 aromatic carbocycles. The van der Waals surface area contributed by atoms with Gasteiger partial charge in [0.15, 0.2) is 6.29 Å². The van der Waals surface area contributed by atoms with E-state index >= 15 is 0 Å². The number of benzene rings is 2. The summed E-state index contributed by atoms with van der Waals surface area (Å²) in [5, 5.41) is 15.8. The molecule has 0 radical (unpaired) electrons. The number of sulfonamides is 1. The molecule has 7 atom stereocenters. The van der Waals surface area contributed by atoms with Crippen molar-refractivity contribution in [2.24, 2.45) is 17.8 Å². The normalized spacial score (nSPS) is 26.3. The van der Waals surface area contributed by atoms with Gasteiger partial charge in [0, 0.05) is 24.9 Å². The monoisotopic (exact) mass is 603 g/mol. The standard InChI is InChI=1S/C30H41N3O8S/c1-19(2)16-33(32-42(36,37)24-11-9-23(38-3)10-12-24)17-26(34)25(13-20-7-5-4-6-8-20)31-30(35)41-28-22-14-21-15-27(28)40-29(21)39-18-22/h4-12,19,21-22,25-29,32,34H,13-18H2,1-3H3,(H,31,35). The zero-order valence-electron chi connectivity index (χ0n) is 24.2. The first kappa shape index (κ1) is 30.7. The highest BCUT2D eigenvalue weighted by Crippen LogP contribution is 2.46. The van der Waals surface area contributed by atoms with Gasteiger partial charge in [-0.25, -0.2) is 18.2 Å². The molecule has 230 valence electrons. The Balaban J connectivity index is 1.28. The number of nitrogens with zero attached hydrogens (tertiary/aromatic N) is 1. The number of fused-ring (bicyclic) bond motifs is 2. The third kappa shape index (κ3) is 7.42. The van der Waals surface area contributed by atoms with Gasteiger partial charge < -0.3 is 29.4 Å². The molecule has 0 spiro atoms. The third-order valence-corrected chi connectivity index (χ3v) is 9.45. The number of ether oxygens (including phenoxy) is 4. The van der Waals surface area contributed by atoms with Crippen LogP contribution in [0.1, 0.15) is 32.3 Å². The molecule has 1 aliphatic carbocycles. The average Bonchev–Trinajstić information content (AvgIpc) is 3.25. The number of carbonyl (C=O) groups is 1. The summed E-state index contributed by atoms with van der Waals surface area (Å²) in [6.07, 6.45) is -0.598. The van der Waals surface area contributed by atoms with Crippen LogP contribution in [0.5, 0.6) is 5.75 Å². The van der Waals surface area contributed by atoms with Gasteiger partial charge >= 0.3 is 6.09 Å². The Kier molecular flexibility index (Phi) is 9.70. The van der Waals surface area contributed by atoms with E-state index in [0.717, 1.165) is 18.4 Å². The van der Waals surface area contributed by atoms with E-state index in [1.165, 1.54) is 24.3 Å². The summed E-state index contributed by atoms with van der Waals surface area (Å²) in [5.41, 5.74) is 0.905. The number of amides is 1. The van der Waals surface area contributed by atoms with E-state index in [1.807, 2.05) is 44.2 Å². The van der Waals surface area contributed by atoms with Gasteiger partial charge in [0.1, 0.15) is 11.9 Å². The van der Waals surface area contributed by atoms with Gasteiger partial charge in [0.2, 0.25) is 0 Å². The summed E-state index contributed by atoms with van der Waals surface area (Å²) >= 11 is 0. The largest absolute Gasteiger partial charge is 0.497 e. The second-order valence-corrected chi connectivity index (χ2v) is 13.5. The highest BCUT2D eigenvalue weighted by atomic mass is 32.2. The Hall–Kier alpha value is -2.74. The van der Waals surface area contributed by atoms with E-state index in [2.05, 4.69) is 10.1 Å². The Bertz CT molecular complexity index is 1290. The van der Waals surface area contributed by atoms with Crippen LogP contribution in [-0.2, 0) is 30.7 Å². The molecule has 2 aliphatic heterocycles. The topological polar surface area (TPSA) is 136 Å². The van der Waals surface area contributed by atoms with Crippen molar-refractivity contribution in [3.05, 3.63) is 60.2 Å². The molecule has 42 heavy (non-hydrogen) atoms. The van der Waals surface area contributed by atoms with Gasteiger partial charge in [-0.15, -0.1) is 4.83 Å². The Morgan fingerprint density at radius 1 is 1.07 bits per heavy atom. The van der Waals surface area contributed by atoms with Gasteiger partial charge in [0.25, 0.3) is 10.0 Å². The van der Waals surface area contributed by atoms with Crippen LogP contribution in [0.3, 0.4) is 0 Å². The van der Waals surface area contributed by atoms with E-state index in [4.69, 9.17) is 18.9 Å². The smallest absolute Gasteiger partial charge is 0.407 e. The predicted molar refractivity (Wildman–Crippen MR) is 154 cm³/mol. The van der Waals surface area contributed by atoms with E-state index in [1.54, 1.807) is 12.1 Å². The van der Waals surface area contributed by atoms with Crippen molar-refractivity contribution in [3.63, 3.8) is 0 Å². The fourth-order valence-corrected chi connectivity index (χ4v) is 7.19. The molecular weight excluding hydrogens is 562 g/mol. The lowest BCUT2D eigenvalue weighted by molar-refractivity contribution is -0.153. The third-order valence-electron chi connectivity index (χ3n) is 8.06. The summed E-state index contributed by atoms with van der Waals surface area (Å²) < 4.78 is 49.2. The first-order chi connectivity index (χ1) is 20.1. The molecule has 12 heteroatoms. The minimum absolute atomic E-state index is 0.0658. The Labute approximate surface area is 247 Å². The van der Waals surface area contributed by atoms with Crippen molar-refractivity contribution in [2.75, 3.05) is 26.8 Å². The molecule has 1 saturated carbocycles. The number of hydrogen-bond donors (Lipinski definition) is 3. The molecule has 2 heterocycles. The van der Waals surface area contributed by atoms with Crippen molar-refractivity contribution in [3.8, 4) is 5.75 Å². The number of nitrogens with one attached hydrogen (secondary N) is 2. The van der Waals surface area contributed by atoms with Crippen molar-refractivity contribution in [1.29, 1.82) is 0 Å². The number of alkyl carbamates (subject to hydrolysis) is 1. The maximum absolute atomic E-state index is 13.2. The van der Waals surface area contributed by atoms with Crippen LogP contribution in [0.25, 0.3) is 0 Å². The van der Waals surface area contributed by atoms with E-state index in [9.17, 15) is 18.3 Å². The van der Waals surface area contributed by atoms with Gasteiger partial charge in [-0.05, 0) is 55.0 Å². The molecule has 1 amide bonds. The summed E-state index contributed by atoms with van der Waals surface area (Å²) in [6.45, 7) is 4.66. The van der Waals surface area contributed by atoms with Crippen molar-refractivity contribution >= 4 is 16.1 Å². The van der Waals surface area contributed by atoms with Crippen molar-refractivity contribution in [2.45, 2.75) is 68.6 Å². The summed E-state index contributed by atoms with van der Waals surface area (Å²) in [7, 11) is -2.43. The zero-order chi connectivity index (χ0) is 29.9.